The normalized spacial score (nSPS) is 15.1. The Balaban J connectivity index is 1.66. The number of aromatic nitrogens is 2. The van der Waals surface area contributed by atoms with E-state index in [2.05, 4.69) is 25.9 Å². The smallest absolute Gasteiger partial charge is 0.258 e. The molecular formula is C22H20ClN5O3. The fourth-order valence-electron chi connectivity index (χ4n) is 3.45. The van der Waals surface area contributed by atoms with Crippen molar-refractivity contribution >= 4 is 46.6 Å². The van der Waals surface area contributed by atoms with Crippen molar-refractivity contribution in [2.75, 3.05) is 16.0 Å². The number of fused-ring (bicyclic) bond motifs is 1. The summed E-state index contributed by atoms with van der Waals surface area (Å²) in [6.45, 7) is 3.79. The highest BCUT2D eigenvalue weighted by atomic mass is 35.5. The minimum absolute atomic E-state index is 0.0608. The Morgan fingerprint density at radius 3 is 2.74 bits per heavy atom. The first kappa shape index (κ1) is 20.6. The van der Waals surface area contributed by atoms with Crippen molar-refractivity contribution in [3.05, 3.63) is 74.5 Å². The van der Waals surface area contributed by atoms with Crippen LogP contribution in [0.3, 0.4) is 0 Å². The molecule has 0 unspecified atom stereocenters. The first-order valence-corrected chi connectivity index (χ1v) is 10.0. The summed E-state index contributed by atoms with van der Waals surface area (Å²) < 4.78 is 0. The fraction of sp³-hybridized carbons (Fsp3) is 0.182. The number of rotatable bonds is 4. The maximum Gasteiger partial charge on any atom is 0.258 e. The Hall–Kier alpha value is -3.65. The quantitative estimate of drug-likeness (QED) is 0.494. The van der Waals surface area contributed by atoms with Gasteiger partial charge in [0.05, 0.1) is 11.5 Å². The lowest BCUT2D eigenvalue weighted by atomic mass is 9.92. The first-order valence-electron chi connectivity index (χ1n) is 9.65. The predicted octanol–water partition coefficient (Wildman–Crippen LogP) is 3.85. The van der Waals surface area contributed by atoms with E-state index in [4.69, 9.17) is 11.6 Å². The molecule has 0 saturated carbocycles. The molecule has 0 radical (unpaired) electrons. The number of hydrogen-bond acceptors (Lipinski definition) is 5. The van der Waals surface area contributed by atoms with E-state index in [9.17, 15) is 14.4 Å². The topological polar surface area (TPSA) is 116 Å². The molecule has 0 spiro atoms. The molecule has 2 amide bonds. The number of nitrogens with one attached hydrogen (secondary N) is 4. The highest BCUT2D eigenvalue weighted by Crippen LogP contribution is 2.31. The van der Waals surface area contributed by atoms with Gasteiger partial charge in [-0.2, -0.15) is 4.98 Å². The fourth-order valence-corrected chi connectivity index (χ4v) is 3.64. The van der Waals surface area contributed by atoms with Crippen molar-refractivity contribution in [1.82, 2.24) is 9.97 Å². The van der Waals surface area contributed by atoms with E-state index in [-0.39, 0.29) is 29.7 Å². The molecule has 4 N–H and O–H groups in total. The first-order chi connectivity index (χ1) is 14.8. The molecule has 0 aliphatic carbocycles. The van der Waals surface area contributed by atoms with Crippen LogP contribution < -0.4 is 21.5 Å². The van der Waals surface area contributed by atoms with Crippen LogP contribution in [0.2, 0.25) is 5.02 Å². The summed E-state index contributed by atoms with van der Waals surface area (Å²) in [6, 6.07) is 12.6. The minimum Gasteiger partial charge on any atom is -0.326 e. The lowest BCUT2D eigenvalue weighted by molar-refractivity contribution is -0.123. The van der Waals surface area contributed by atoms with Gasteiger partial charge in [-0.3, -0.25) is 19.4 Å². The summed E-state index contributed by atoms with van der Waals surface area (Å²) in [7, 11) is 0. The molecule has 0 saturated heterocycles. The number of carbonyl (C=O) groups is 2. The molecule has 0 bridgehead atoms. The Labute approximate surface area is 183 Å². The third-order valence-electron chi connectivity index (χ3n) is 5.01. The van der Waals surface area contributed by atoms with Crippen LogP contribution in [0, 0.1) is 13.8 Å². The number of H-pyrrole nitrogens is 1. The molecule has 1 aliphatic heterocycles. The van der Waals surface area contributed by atoms with Gasteiger partial charge in [0.25, 0.3) is 5.56 Å². The third-order valence-corrected chi connectivity index (χ3v) is 5.24. The van der Waals surface area contributed by atoms with Gasteiger partial charge in [-0.15, -0.1) is 0 Å². The number of amides is 2. The molecule has 158 valence electrons. The van der Waals surface area contributed by atoms with Gasteiger partial charge in [0, 0.05) is 22.8 Å². The summed E-state index contributed by atoms with van der Waals surface area (Å²) in [6.07, 6.45) is -0.143. The van der Waals surface area contributed by atoms with Crippen LogP contribution in [-0.4, -0.2) is 21.8 Å². The second kappa shape index (κ2) is 8.23. The van der Waals surface area contributed by atoms with Gasteiger partial charge < -0.3 is 16.0 Å². The van der Waals surface area contributed by atoms with Crippen molar-refractivity contribution in [3.63, 3.8) is 0 Å². The van der Waals surface area contributed by atoms with Crippen molar-refractivity contribution < 1.29 is 9.59 Å². The molecule has 31 heavy (non-hydrogen) atoms. The number of nitrogens with zero attached hydrogens (tertiary/aromatic N) is 1. The molecule has 9 heteroatoms. The van der Waals surface area contributed by atoms with Crippen molar-refractivity contribution in [3.8, 4) is 0 Å². The predicted molar refractivity (Wildman–Crippen MR) is 120 cm³/mol. The molecule has 3 aromatic rings. The van der Waals surface area contributed by atoms with Crippen molar-refractivity contribution in [2.24, 2.45) is 0 Å². The van der Waals surface area contributed by atoms with Crippen LogP contribution in [0.1, 0.15) is 29.0 Å². The second-order valence-electron chi connectivity index (χ2n) is 7.42. The van der Waals surface area contributed by atoms with Crippen molar-refractivity contribution in [2.45, 2.75) is 26.2 Å². The summed E-state index contributed by atoms with van der Waals surface area (Å²) in [5.74, 6) is -1.60. The number of benzene rings is 2. The van der Waals surface area contributed by atoms with Gasteiger partial charge in [-0.1, -0.05) is 29.8 Å². The molecule has 2 heterocycles. The lowest BCUT2D eigenvalue weighted by Crippen LogP contribution is -2.36. The minimum atomic E-state index is -0.958. The zero-order chi connectivity index (χ0) is 22.1. The Bertz CT molecular complexity index is 1250. The molecule has 8 nitrogen and oxygen atoms in total. The lowest BCUT2D eigenvalue weighted by Gasteiger charge is -2.24. The van der Waals surface area contributed by atoms with Gasteiger partial charge in [-0.25, -0.2) is 0 Å². The number of hydrogen-bond donors (Lipinski definition) is 4. The summed E-state index contributed by atoms with van der Waals surface area (Å²) >= 11 is 5.98. The number of aryl methyl sites for hydroxylation is 2. The van der Waals surface area contributed by atoms with Crippen molar-refractivity contribution in [1.29, 1.82) is 0 Å². The average molecular weight is 438 g/mol. The van der Waals surface area contributed by atoms with Crippen LogP contribution in [0.25, 0.3) is 0 Å². The number of anilines is 4. The van der Waals surface area contributed by atoms with E-state index in [1.54, 1.807) is 24.3 Å². The molecule has 4 rings (SSSR count). The van der Waals surface area contributed by atoms with E-state index in [1.807, 2.05) is 32.0 Å². The zero-order valence-electron chi connectivity index (χ0n) is 16.9. The third kappa shape index (κ3) is 4.44. The van der Waals surface area contributed by atoms with Crippen LogP contribution >= 0.6 is 11.6 Å². The molecule has 1 atom stereocenters. The van der Waals surface area contributed by atoms with Crippen LogP contribution in [-0.2, 0) is 9.59 Å². The Kier molecular flexibility index (Phi) is 5.48. The molecule has 2 aromatic carbocycles. The molecule has 1 aromatic heterocycles. The van der Waals surface area contributed by atoms with Crippen LogP contribution in [0.4, 0.5) is 23.1 Å². The van der Waals surface area contributed by atoms with E-state index >= 15 is 0 Å². The van der Waals surface area contributed by atoms with E-state index in [0.717, 1.165) is 11.1 Å². The SMILES string of the molecule is Cc1ccc(C)c(NC(=O)[C@H]2CC(=O)Nc3nc(Nc4cccc(Cl)c4)[nH]c(=O)c32)c1. The summed E-state index contributed by atoms with van der Waals surface area (Å²) in [4.78, 5) is 45.0. The highest BCUT2D eigenvalue weighted by Gasteiger charge is 2.35. The van der Waals surface area contributed by atoms with E-state index < -0.39 is 17.4 Å². The summed E-state index contributed by atoms with van der Waals surface area (Å²) in [5.41, 5.74) is 2.74. The number of halogens is 1. The molecule has 0 fully saturated rings. The molecule has 1 aliphatic rings. The summed E-state index contributed by atoms with van der Waals surface area (Å²) in [5, 5.41) is 8.89. The van der Waals surface area contributed by atoms with Gasteiger partial charge >= 0.3 is 0 Å². The Morgan fingerprint density at radius 1 is 1.16 bits per heavy atom. The van der Waals surface area contributed by atoms with E-state index in [0.29, 0.717) is 16.4 Å². The van der Waals surface area contributed by atoms with Gasteiger partial charge in [-0.05, 0) is 49.2 Å². The largest absolute Gasteiger partial charge is 0.326 e. The highest BCUT2D eigenvalue weighted by molar-refractivity contribution is 6.30. The van der Waals surface area contributed by atoms with Crippen LogP contribution in [0.5, 0.6) is 0 Å². The number of carbonyl (C=O) groups excluding carboxylic acids is 2. The maximum absolute atomic E-state index is 13.0. The van der Waals surface area contributed by atoms with E-state index in [1.165, 1.54) is 0 Å². The zero-order valence-corrected chi connectivity index (χ0v) is 17.6. The van der Waals surface area contributed by atoms with Crippen LogP contribution in [0.15, 0.2) is 47.3 Å². The van der Waals surface area contributed by atoms with Gasteiger partial charge in [0.1, 0.15) is 5.82 Å². The van der Waals surface area contributed by atoms with Gasteiger partial charge in [0.15, 0.2) is 0 Å². The standard InChI is InChI=1S/C22H20ClN5O3/c1-11-6-7-12(2)16(8-11)25-20(30)15-10-17(29)26-19-18(15)21(31)28-22(27-19)24-14-5-3-4-13(23)9-14/h3-9,15H,10H2,1-2H3,(H,25,30)(H3,24,26,27,28,29,31)/t15-/m0/s1. The average Bonchev–Trinajstić information content (AvgIpc) is 2.69. The number of aromatic amines is 1. The monoisotopic (exact) mass is 437 g/mol. The second-order valence-corrected chi connectivity index (χ2v) is 7.86. The molecular weight excluding hydrogens is 418 g/mol. The van der Waals surface area contributed by atoms with Gasteiger partial charge in [0.2, 0.25) is 17.8 Å². The maximum atomic E-state index is 13.0. The Morgan fingerprint density at radius 2 is 1.97 bits per heavy atom.